The van der Waals surface area contributed by atoms with Crippen LogP contribution < -0.4 is 9.80 Å². The highest BCUT2D eigenvalue weighted by atomic mass is 35.5. The van der Waals surface area contributed by atoms with Crippen LogP contribution in [0.2, 0.25) is 5.02 Å². The van der Waals surface area contributed by atoms with Crippen LogP contribution in [-0.4, -0.2) is 25.2 Å². The lowest BCUT2D eigenvalue weighted by Crippen LogP contribution is -2.38. The van der Waals surface area contributed by atoms with Crippen molar-refractivity contribution in [3.63, 3.8) is 0 Å². The van der Waals surface area contributed by atoms with Gasteiger partial charge in [-0.3, -0.25) is 0 Å². The summed E-state index contributed by atoms with van der Waals surface area (Å²) in [6.07, 6.45) is 0. The highest BCUT2D eigenvalue weighted by Crippen LogP contribution is 2.34. The number of likely N-dealkylation sites (N-methyl/N-ethyl adjacent to an activating group) is 1. The first-order chi connectivity index (χ1) is 9.65. The van der Waals surface area contributed by atoms with Crippen LogP contribution in [0.15, 0.2) is 42.5 Å². The first kappa shape index (κ1) is 13.1. The molecule has 1 heterocycles. The van der Waals surface area contributed by atoms with Crippen molar-refractivity contribution in [3.05, 3.63) is 53.1 Å². The van der Waals surface area contributed by atoms with Crippen molar-refractivity contribution < 1.29 is 5.11 Å². The Bertz CT molecular complexity index is 630. The van der Waals surface area contributed by atoms with E-state index in [1.165, 1.54) is 11.4 Å². The van der Waals surface area contributed by atoms with E-state index < -0.39 is 0 Å². The maximum absolute atomic E-state index is 9.97. The molecule has 0 spiro atoms. The Balaban J connectivity index is 1.92. The zero-order chi connectivity index (χ0) is 14.1. The molecule has 0 aromatic heterocycles. The molecule has 0 bridgehead atoms. The van der Waals surface area contributed by atoms with Crippen LogP contribution >= 0.6 is 11.6 Å². The second-order valence-electron chi connectivity index (χ2n) is 5.10. The quantitative estimate of drug-likeness (QED) is 0.916. The number of phenols is 1. The van der Waals surface area contributed by atoms with Crippen molar-refractivity contribution >= 4 is 23.0 Å². The van der Waals surface area contributed by atoms with Gasteiger partial charge in [-0.15, -0.1) is 0 Å². The number of anilines is 2. The van der Waals surface area contributed by atoms with Crippen LogP contribution in [0.4, 0.5) is 11.4 Å². The topological polar surface area (TPSA) is 26.7 Å². The van der Waals surface area contributed by atoms with E-state index >= 15 is 0 Å². The summed E-state index contributed by atoms with van der Waals surface area (Å²) in [6, 6.07) is 13.5. The molecule has 0 radical (unpaired) electrons. The maximum atomic E-state index is 9.97. The summed E-state index contributed by atoms with van der Waals surface area (Å²) in [7, 11) is 2.10. The van der Waals surface area contributed by atoms with Crippen LogP contribution in [0, 0.1) is 0 Å². The third-order valence-corrected chi connectivity index (χ3v) is 3.98. The predicted octanol–water partition coefficient (Wildman–Crippen LogP) is 3.50. The van der Waals surface area contributed by atoms with E-state index in [2.05, 4.69) is 35.0 Å². The molecule has 1 N–H and O–H groups in total. The van der Waals surface area contributed by atoms with Gasteiger partial charge in [0.1, 0.15) is 5.75 Å². The van der Waals surface area contributed by atoms with Gasteiger partial charge < -0.3 is 14.9 Å². The van der Waals surface area contributed by atoms with E-state index in [0.29, 0.717) is 17.3 Å². The number of halogens is 1. The van der Waals surface area contributed by atoms with Crippen molar-refractivity contribution in [3.8, 4) is 5.75 Å². The van der Waals surface area contributed by atoms with E-state index in [1.54, 1.807) is 12.1 Å². The largest absolute Gasteiger partial charge is 0.508 e. The SMILES string of the molecule is CN1CCN(Cc2cc(Cl)ccc2O)c2ccccc21. The number of rotatable bonds is 2. The Morgan fingerprint density at radius 1 is 1.10 bits per heavy atom. The fourth-order valence-corrected chi connectivity index (χ4v) is 2.81. The van der Waals surface area contributed by atoms with Gasteiger partial charge in [0.2, 0.25) is 0 Å². The minimum Gasteiger partial charge on any atom is -0.508 e. The second-order valence-corrected chi connectivity index (χ2v) is 5.54. The van der Waals surface area contributed by atoms with Gasteiger partial charge in [0.05, 0.1) is 11.4 Å². The van der Waals surface area contributed by atoms with Crippen LogP contribution in [0.25, 0.3) is 0 Å². The maximum Gasteiger partial charge on any atom is 0.120 e. The van der Waals surface area contributed by atoms with Crippen LogP contribution in [-0.2, 0) is 6.54 Å². The number of aromatic hydroxyl groups is 1. The van der Waals surface area contributed by atoms with E-state index in [4.69, 9.17) is 11.6 Å². The average molecular weight is 289 g/mol. The molecular formula is C16H17ClN2O. The van der Waals surface area contributed by atoms with Gasteiger partial charge in [0.25, 0.3) is 0 Å². The molecular weight excluding hydrogens is 272 g/mol. The molecule has 0 unspecified atom stereocenters. The Labute approximate surface area is 124 Å². The molecule has 3 rings (SSSR count). The van der Waals surface area contributed by atoms with Crippen molar-refractivity contribution in [1.29, 1.82) is 0 Å². The Morgan fingerprint density at radius 3 is 2.65 bits per heavy atom. The predicted molar refractivity (Wildman–Crippen MR) is 83.9 cm³/mol. The van der Waals surface area contributed by atoms with Crippen molar-refractivity contribution in [2.24, 2.45) is 0 Å². The normalized spacial score (nSPS) is 14.3. The summed E-state index contributed by atoms with van der Waals surface area (Å²) in [6.45, 7) is 2.56. The third kappa shape index (κ3) is 2.41. The number of benzene rings is 2. The van der Waals surface area contributed by atoms with Crippen LogP contribution in [0.1, 0.15) is 5.56 Å². The molecule has 3 nitrogen and oxygen atoms in total. The molecule has 0 saturated heterocycles. The molecule has 20 heavy (non-hydrogen) atoms. The minimum atomic E-state index is 0.297. The summed E-state index contributed by atoms with van der Waals surface area (Å²) in [4.78, 5) is 4.53. The standard InChI is InChI=1S/C16H17ClN2O/c1-18-8-9-19(15-5-3-2-4-14(15)18)11-12-10-13(17)6-7-16(12)20/h2-7,10,20H,8-9,11H2,1H3. The smallest absolute Gasteiger partial charge is 0.120 e. The van der Waals surface area contributed by atoms with E-state index in [-0.39, 0.29) is 0 Å². The second kappa shape index (κ2) is 5.25. The molecule has 1 aliphatic rings. The highest BCUT2D eigenvalue weighted by Gasteiger charge is 2.20. The molecule has 0 amide bonds. The lowest BCUT2D eigenvalue weighted by molar-refractivity contribution is 0.467. The van der Waals surface area contributed by atoms with Gasteiger partial charge in [-0.25, -0.2) is 0 Å². The molecule has 1 aliphatic heterocycles. The van der Waals surface area contributed by atoms with Crippen molar-refractivity contribution in [1.82, 2.24) is 0 Å². The molecule has 2 aromatic rings. The number of phenolic OH excluding ortho intramolecular Hbond substituents is 1. The average Bonchev–Trinajstić information content (AvgIpc) is 2.46. The highest BCUT2D eigenvalue weighted by molar-refractivity contribution is 6.30. The monoisotopic (exact) mass is 288 g/mol. The van der Waals surface area contributed by atoms with Crippen molar-refractivity contribution in [2.75, 3.05) is 29.9 Å². The number of para-hydroxylation sites is 2. The van der Waals surface area contributed by atoms with Crippen LogP contribution in [0.3, 0.4) is 0 Å². The summed E-state index contributed by atoms with van der Waals surface area (Å²) in [5.41, 5.74) is 3.28. The van der Waals surface area contributed by atoms with E-state index in [9.17, 15) is 5.11 Å². The number of fused-ring (bicyclic) bond motifs is 1. The van der Waals surface area contributed by atoms with E-state index in [0.717, 1.165) is 18.7 Å². The number of hydrogen-bond acceptors (Lipinski definition) is 3. The first-order valence-corrected chi connectivity index (χ1v) is 7.05. The molecule has 0 atom stereocenters. The van der Waals surface area contributed by atoms with Gasteiger partial charge in [0, 0.05) is 37.3 Å². The fourth-order valence-electron chi connectivity index (χ4n) is 2.62. The van der Waals surface area contributed by atoms with E-state index in [1.807, 2.05) is 12.1 Å². The fraction of sp³-hybridized carbons (Fsp3) is 0.250. The lowest BCUT2D eigenvalue weighted by Gasteiger charge is -2.37. The van der Waals surface area contributed by atoms with Gasteiger partial charge in [-0.2, -0.15) is 0 Å². The zero-order valence-electron chi connectivity index (χ0n) is 11.4. The summed E-state index contributed by atoms with van der Waals surface area (Å²) in [5.74, 6) is 0.297. The third-order valence-electron chi connectivity index (χ3n) is 3.74. The molecule has 4 heteroatoms. The Kier molecular flexibility index (Phi) is 3.45. The molecule has 0 fully saturated rings. The molecule has 2 aromatic carbocycles. The number of nitrogens with zero attached hydrogens (tertiary/aromatic N) is 2. The van der Waals surface area contributed by atoms with Gasteiger partial charge in [0.15, 0.2) is 0 Å². The number of hydrogen-bond donors (Lipinski definition) is 1. The first-order valence-electron chi connectivity index (χ1n) is 6.67. The Hall–Kier alpha value is -1.87. The minimum absolute atomic E-state index is 0.297. The molecule has 0 aliphatic carbocycles. The van der Waals surface area contributed by atoms with Crippen molar-refractivity contribution in [2.45, 2.75) is 6.54 Å². The molecule has 104 valence electrons. The van der Waals surface area contributed by atoms with Gasteiger partial charge >= 0.3 is 0 Å². The summed E-state index contributed by atoms with van der Waals surface area (Å²) < 4.78 is 0. The molecule has 0 saturated carbocycles. The van der Waals surface area contributed by atoms with Gasteiger partial charge in [-0.1, -0.05) is 23.7 Å². The van der Waals surface area contributed by atoms with Crippen LogP contribution in [0.5, 0.6) is 5.75 Å². The summed E-state index contributed by atoms with van der Waals surface area (Å²) >= 11 is 6.02. The Morgan fingerprint density at radius 2 is 1.85 bits per heavy atom. The lowest BCUT2D eigenvalue weighted by atomic mass is 10.1. The van der Waals surface area contributed by atoms with Gasteiger partial charge in [-0.05, 0) is 30.3 Å². The summed E-state index contributed by atoms with van der Waals surface area (Å²) in [5, 5.41) is 10.6. The zero-order valence-corrected chi connectivity index (χ0v) is 12.1.